The molecule has 0 spiro atoms. The highest BCUT2D eigenvalue weighted by Crippen LogP contribution is 2.16. The molecule has 1 saturated heterocycles. The topological polar surface area (TPSA) is 101 Å². The summed E-state index contributed by atoms with van der Waals surface area (Å²) in [5.41, 5.74) is 1.20. The number of rotatable bonds is 4. The maximum absolute atomic E-state index is 12.0. The molecule has 1 fully saturated rings. The van der Waals surface area contributed by atoms with E-state index in [4.69, 9.17) is 0 Å². The average molecular weight is 275 g/mol. The van der Waals surface area contributed by atoms with Crippen LogP contribution < -0.4 is 10.6 Å². The van der Waals surface area contributed by atoms with Gasteiger partial charge in [0.15, 0.2) is 5.69 Å². The molecule has 0 atom stereocenters. The summed E-state index contributed by atoms with van der Waals surface area (Å²) in [6.07, 6.45) is 5.39. The van der Waals surface area contributed by atoms with Crippen molar-refractivity contribution in [2.45, 2.75) is 25.4 Å². The Bertz CT molecular complexity index is 556. The highest BCUT2D eigenvalue weighted by molar-refractivity contribution is 5.91. The Morgan fingerprint density at radius 3 is 3.05 bits per heavy atom. The van der Waals surface area contributed by atoms with Crippen LogP contribution in [0.1, 0.15) is 35.1 Å². The first-order chi connectivity index (χ1) is 9.83. The van der Waals surface area contributed by atoms with Crippen LogP contribution >= 0.6 is 0 Å². The van der Waals surface area contributed by atoms with Crippen LogP contribution in [0.15, 0.2) is 18.5 Å². The van der Waals surface area contributed by atoms with Crippen LogP contribution in [0.3, 0.4) is 0 Å². The number of nitrogens with one attached hydrogen (secondary N) is 3. The van der Waals surface area contributed by atoms with E-state index < -0.39 is 0 Å². The number of aromatic nitrogens is 5. The van der Waals surface area contributed by atoms with E-state index in [1.165, 1.54) is 0 Å². The highest BCUT2D eigenvalue weighted by Gasteiger charge is 2.18. The number of carbonyl (C=O) groups excluding carboxylic acids is 1. The lowest BCUT2D eigenvalue weighted by Crippen LogP contribution is -2.29. The molecule has 2 aromatic heterocycles. The van der Waals surface area contributed by atoms with Crippen molar-refractivity contribution in [1.82, 2.24) is 35.8 Å². The molecule has 2 aromatic rings. The molecule has 0 unspecified atom stereocenters. The fourth-order valence-corrected chi connectivity index (χ4v) is 2.28. The lowest BCUT2D eigenvalue weighted by Gasteiger charge is -2.22. The van der Waals surface area contributed by atoms with Crippen molar-refractivity contribution in [1.29, 1.82) is 0 Å². The Labute approximate surface area is 115 Å². The number of nitrogens with zero attached hydrogens (tertiary/aromatic N) is 4. The minimum absolute atomic E-state index is 0.222. The van der Waals surface area contributed by atoms with Crippen molar-refractivity contribution in [3.63, 3.8) is 0 Å². The molecule has 0 aliphatic carbocycles. The molecule has 8 nitrogen and oxygen atoms in total. The van der Waals surface area contributed by atoms with Crippen LogP contribution in [-0.2, 0) is 6.54 Å². The van der Waals surface area contributed by atoms with Gasteiger partial charge in [0.25, 0.3) is 5.91 Å². The van der Waals surface area contributed by atoms with Crippen LogP contribution in [0.25, 0.3) is 0 Å². The molecular weight excluding hydrogens is 258 g/mol. The number of carbonyl (C=O) groups is 1. The second kappa shape index (κ2) is 5.83. The number of H-pyrrole nitrogens is 1. The fraction of sp³-hybridized carbons (Fsp3) is 0.500. The molecule has 1 amide bonds. The third-order valence-corrected chi connectivity index (χ3v) is 3.42. The number of piperidine rings is 1. The van der Waals surface area contributed by atoms with Gasteiger partial charge in [0.05, 0.1) is 24.5 Å². The van der Waals surface area contributed by atoms with E-state index in [0.29, 0.717) is 18.3 Å². The normalized spacial score (nSPS) is 16.2. The molecule has 0 saturated carbocycles. The van der Waals surface area contributed by atoms with Crippen molar-refractivity contribution in [2.24, 2.45) is 0 Å². The third-order valence-electron chi connectivity index (χ3n) is 3.42. The molecule has 3 heterocycles. The minimum Gasteiger partial charge on any atom is -0.345 e. The summed E-state index contributed by atoms with van der Waals surface area (Å²) in [4.78, 5) is 12.0. The van der Waals surface area contributed by atoms with Gasteiger partial charge in [0.2, 0.25) is 0 Å². The van der Waals surface area contributed by atoms with Gasteiger partial charge >= 0.3 is 0 Å². The molecule has 0 radical (unpaired) electrons. The van der Waals surface area contributed by atoms with Crippen LogP contribution in [0.5, 0.6) is 0 Å². The van der Waals surface area contributed by atoms with Gasteiger partial charge < -0.3 is 10.6 Å². The van der Waals surface area contributed by atoms with Crippen LogP contribution in [0.2, 0.25) is 0 Å². The SMILES string of the molecule is O=C(NCc1ccn[nH]1)c1cn(C2CCNCC2)nn1. The van der Waals surface area contributed by atoms with Gasteiger partial charge in [-0.25, -0.2) is 4.68 Å². The van der Waals surface area contributed by atoms with E-state index in [9.17, 15) is 4.79 Å². The fourth-order valence-electron chi connectivity index (χ4n) is 2.28. The van der Waals surface area contributed by atoms with Gasteiger partial charge in [-0.3, -0.25) is 9.89 Å². The first kappa shape index (κ1) is 12.8. The lowest BCUT2D eigenvalue weighted by atomic mass is 10.1. The minimum atomic E-state index is -0.222. The molecule has 0 aromatic carbocycles. The molecule has 8 heteroatoms. The summed E-state index contributed by atoms with van der Waals surface area (Å²) in [6.45, 7) is 2.36. The van der Waals surface area contributed by atoms with Gasteiger partial charge in [-0.1, -0.05) is 5.21 Å². The number of amides is 1. The Morgan fingerprint density at radius 2 is 2.30 bits per heavy atom. The second-order valence-electron chi connectivity index (χ2n) is 4.83. The summed E-state index contributed by atoms with van der Waals surface area (Å²) in [5, 5.41) is 20.7. The molecule has 3 N–H and O–H groups in total. The van der Waals surface area contributed by atoms with Crippen LogP contribution in [0, 0.1) is 0 Å². The largest absolute Gasteiger partial charge is 0.345 e. The molecule has 0 bridgehead atoms. The monoisotopic (exact) mass is 275 g/mol. The van der Waals surface area contributed by atoms with Crippen molar-refractivity contribution in [2.75, 3.05) is 13.1 Å². The van der Waals surface area contributed by atoms with Crippen molar-refractivity contribution < 1.29 is 4.79 Å². The van der Waals surface area contributed by atoms with E-state index >= 15 is 0 Å². The Kier molecular flexibility index (Phi) is 3.73. The second-order valence-corrected chi connectivity index (χ2v) is 4.83. The third kappa shape index (κ3) is 2.85. The number of hydrogen-bond acceptors (Lipinski definition) is 5. The predicted molar refractivity (Wildman–Crippen MR) is 70.9 cm³/mol. The van der Waals surface area contributed by atoms with E-state index in [-0.39, 0.29) is 5.91 Å². The summed E-state index contributed by atoms with van der Waals surface area (Å²) < 4.78 is 1.80. The zero-order valence-corrected chi connectivity index (χ0v) is 11.0. The van der Waals surface area contributed by atoms with Gasteiger partial charge in [0.1, 0.15) is 0 Å². The van der Waals surface area contributed by atoms with Gasteiger partial charge in [-0.15, -0.1) is 5.10 Å². The van der Waals surface area contributed by atoms with E-state index in [1.807, 2.05) is 6.07 Å². The van der Waals surface area contributed by atoms with Gasteiger partial charge in [-0.05, 0) is 32.0 Å². The summed E-state index contributed by atoms with van der Waals surface area (Å²) in [6, 6.07) is 2.14. The lowest BCUT2D eigenvalue weighted by molar-refractivity contribution is 0.0945. The molecule has 106 valence electrons. The van der Waals surface area contributed by atoms with Crippen molar-refractivity contribution in [3.05, 3.63) is 29.8 Å². The Balaban J connectivity index is 1.59. The maximum Gasteiger partial charge on any atom is 0.273 e. The van der Waals surface area contributed by atoms with Crippen molar-refractivity contribution in [3.8, 4) is 0 Å². The van der Waals surface area contributed by atoms with E-state index in [1.54, 1.807) is 17.1 Å². The van der Waals surface area contributed by atoms with E-state index in [2.05, 4.69) is 31.1 Å². The molecule has 3 rings (SSSR count). The van der Waals surface area contributed by atoms with Gasteiger partial charge in [-0.2, -0.15) is 5.10 Å². The van der Waals surface area contributed by atoms with Crippen LogP contribution in [-0.4, -0.2) is 44.2 Å². The first-order valence-electron chi connectivity index (χ1n) is 6.72. The number of aromatic amines is 1. The highest BCUT2D eigenvalue weighted by atomic mass is 16.2. The Morgan fingerprint density at radius 1 is 1.45 bits per heavy atom. The average Bonchev–Trinajstić information content (AvgIpc) is 3.17. The summed E-state index contributed by atoms with van der Waals surface area (Å²) in [7, 11) is 0. The maximum atomic E-state index is 12.0. The summed E-state index contributed by atoms with van der Waals surface area (Å²) >= 11 is 0. The quantitative estimate of drug-likeness (QED) is 0.721. The molecule has 1 aliphatic rings. The number of hydrogen-bond donors (Lipinski definition) is 3. The van der Waals surface area contributed by atoms with Gasteiger partial charge in [0, 0.05) is 6.20 Å². The molecule has 20 heavy (non-hydrogen) atoms. The standard InChI is InChI=1S/C12H17N7O/c20-12(14-7-9-1-6-15-16-9)11-8-19(18-17-11)10-2-4-13-5-3-10/h1,6,8,10,13H,2-5,7H2,(H,14,20)(H,15,16). The first-order valence-corrected chi connectivity index (χ1v) is 6.72. The molecule has 1 aliphatic heterocycles. The summed E-state index contributed by atoms with van der Waals surface area (Å²) in [5.74, 6) is -0.222. The smallest absolute Gasteiger partial charge is 0.273 e. The Hall–Kier alpha value is -2.22. The van der Waals surface area contributed by atoms with Crippen LogP contribution in [0.4, 0.5) is 0 Å². The zero-order valence-electron chi connectivity index (χ0n) is 11.0. The predicted octanol–water partition coefficient (Wildman–Crippen LogP) is -0.144. The zero-order chi connectivity index (χ0) is 13.8. The van der Waals surface area contributed by atoms with E-state index in [0.717, 1.165) is 31.6 Å². The van der Waals surface area contributed by atoms with Crippen molar-refractivity contribution >= 4 is 5.91 Å². The molecular formula is C12H17N7O.